The minimum Gasteiger partial charge on any atom is -0.363 e. The van der Waals surface area contributed by atoms with Crippen molar-refractivity contribution < 1.29 is 4.39 Å². The molecule has 1 rings (SSSR count). The van der Waals surface area contributed by atoms with Gasteiger partial charge in [-0.3, -0.25) is 0 Å². The standard InChI is InChI=1S/C16H25FN2S/c1-2-3-4-5-6-7-12-18-16(20)19-13-14-8-10-15(17)11-9-14/h8-11H,2-7,12-13H2,1H3,(H2,18,19,20). The second kappa shape index (κ2) is 10.6. The Labute approximate surface area is 127 Å². The van der Waals surface area contributed by atoms with Gasteiger partial charge < -0.3 is 10.6 Å². The molecule has 0 unspecified atom stereocenters. The van der Waals surface area contributed by atoms with Gasteiger partial charge in [-0.2, -0.15) is 0 Å². The number of rotatable bonds is 9. The predicted molar refractivity (Wildman–Crippen MR) is 87.2 cm³/mol. The van der Waals surface area contributed by atoms with Gasteiger partial charge in [-0.25, -0.2) is 4.39 Å². The summed E-state index contributed by atoms with van der Waals surface area (Å²) in [7, 11) is 0. The molecule has 2 N–H and O–H groups in total. The Morgan fingerprint density at radius 2 is 1.65 bits per heavy atom. The Morgan fingerprint density at radius 1 is 1.00 bits per heavy atom. The minimum absolute atomic E-state index is 0.211. The van der Waals surface area contributed by atoms with Gasteiger partial charge in [-0.05, 0) is 36.3 Å². The molecule has 0 aliphatic carbocycles. The summed E-state index contributed by atoms with van der Waals surface area (Å²) in [5.41, 5.74) is 1.02. The lowest BCUT2D eigenvalue weighted by Crippen LogP contribution is -2.35. The predicted octanol–water partition coefficient (Wildman–Crippen LogP) is 4.15. The summed E-state index contributed by atoms with van der Waals surface area (Å²) >= 11 is 5.20. The molecule has 0 radical (unpaired) electrons. The lowest BCUT2D eigenvalue weighted by Gasteiger charge is -2.10. The van der Waals surface area contributed by atoms with E-state index in [2.05, 4.69) is 17.6 Å². The molecule has 20 heavy (non-hydrogen) atoms. The van der Waals surface area contributed by atoms with Crippen LogP contribution in [0.1, 0.15) is 51.0 Å². The largest absolute Gasteiger partial charge is 0.363 e. The van der Waals surface area contributed by atoms with E-state index in [0.717, 1.165) is 18.5 Å². The van der Waals surface area contributed by atoms with E-state index in [1.807, 2.05) is 0 Å². The van der Waals surface area contributed by atoms with Crippen molar-refractivity contribution in [3.63, 3.8) is 0 Å². The van der Waals surface area contributed by atoms with Gasteiger partial charge in [0, 0.05) is 13.1 Å². The molecular weight excluding hydrogens is 271 g/mol. The van der Waals surface area contributed by atoms with Gasteiger partial charge in [0.05, 0.1) is 0 Å². The van der Waals surface area contributed by atoms with Gasteiger partial charge in [0.15, 0.2) is 5.11 Å². The molecule has 0 amide bonds. The fourth-order valence-electron chi connectivity index (χ4n) is 1.95. The van der Waals surface area contributed by atoms with E-state index >= 15 is 0 Å². The summed E-state index contributed by atoms with van der Waals surface area (Å²) in [6.45, 7) is 3.77. The summed E-state index contributed by atoms with van der Waals surface area (Å²) in [6.07, 6.45) is 7.69. The Hall–Kier alpha value is -1.16. The van der Waals surface area contributed by atoms with Crippen molar-refractivity contribution in [2.75, 3.05) is 6.54 Å². The van der Waals surface area contributed by atoms with Gasteiger partial charge in [-0.15, -0.1) is 0 Å². The zero-order valence-electron chi connectivity index (χ0n) is 12.3. The van der Waals surface area contributed by atoms with Gasteiger partial charge in [0.25, 0.3) is 0 Å². The van der Waals surface area contributed by atoms with Crippen LogP contribution >= 0.6 is 12.2 Å². The molecule has 0 bridgehead atoms. The number of hydrogen-bond donors (Lipinski definition) is 2. The van der Waals surface area contributed by atoms with Crippen LogP contribution in [0.2, 0.25) is 0 Å². The first-order valence-electron chi connectivity index (χ1n) is 7.48. The number of halogens is 1. The van der Waals surface area contributed by atoms with Crippen LogP contribution in [0.15, 0.2) is 24.3 Å². The molecule has 0 fully saturated rings. The van der Waals surface area contributed by atoms with E-state index in [4.69, 9.17) is 12.2 Å². The minimum atomic E-state index is -0.211. The molecule has 0 atom stereocenters. The summed E-state index contributed by atoms with van der Waals surface area (Å²) < 4.78 is 12.7. The Morgan fingerprint density at radius 3 is 2.35 bits per heavy atom. The van der Waals surface area contributed by atoms with E-state index in [1.165, 1.54) is 44.2 Å². The topological polar surface area (TPSA) is 24.1 Å². The molecule has 1 aromatic carbocycles. The van der Waals surface area contributed by atoms with E-state index in [9.17, 15) is 4.39 Å². The summed E-state index contributed by atoms with van der Waals surface area (Å²) in [6, 6.07) is 6.45. The molecule has 0 aliphatic rings. The molecule has 0 saturated heterocycles. The highest BCUT2D eigenvalue weighted by Gasteiger charge is 1.97. The Kier molecular flexibility index (Phi) is 8.96. The first kappa shape index (κ1) is 16.9. The average molecular weight is 296 g/mol. The summed E-state index contributed by atoms with van der Waals surface area (Å²) in [4.78, 5) is 0. The van der Waals surface area contributed by atoms with Gasteiger partial charge in [-0.1, -0.05) is 51.2 Å². The fourth-order valence-corrected chi connectivity index (χ4v) is 2.13. The van der Waals surface area contributed by atoms with E-state index < -0.39 is 0 Å². The first-order chi connectivity index (χ1) is 9.72. The molecular formula is C16H25FN2S. The maximum atomic E-state index is 12.7. The quantitative estimate of drug-likeness (QED) is 0.529. The third kappa shape index (κ3) is 8.10. The van der Waals surface area contributed by atoms with Crippen LogP contribution < -0.4 is 10.6 Å². The third-order valence-electron chi connectivity index (χ3n) is 3.18. The SMILES string of the molecule is CCCCCCCCNC(=S)NCc1ccc(F)cc1. The molecule has 0 aromatic heterocycles. The van der Waals surface area contributed by atoms with E-state index in [-0.39, 0.29) is 5.82 Å². The van der Waals surface area contributed by atoms with Crippen molar-refractivity contribution in [3.8, 4) is 0 Å². The molecule has 112 valence electrons. The number of thiocarbonyl (C=S) groups is 1. The zero-order valence-corrected chi connectivity index (χ0v) is 13.1. The van der Waals surface area contributed by atoms with Crippen LogP contribution in [0.5, 0.6) is 0 Å². The smallest absolute Gasteiger partial charge is 0.166 e. The fraction of sp³-hybridized carbons (Fsp3) is 0.562. The normalized spacial score (nSPS) is 10.3. The Bertz CT molecular complexity index is 379. The van der Waals surface area contributed by atoms with Gasteiger partial charge in [0.2, 0.25) is 0 Å². The van der Waals surface area contributed by atoms with Crippen LogP contribution in [0.25, 0.3) is 0 Å². The maximum absolute atomic E-state index is 12.7. The highest BCUT2D eigenvalue weighted by molar-refractivity contribution is 7.80. The molecule has 4 heteroatoms. The average Bonchev–Trinajstić information content (AvgIpc) is 2.46. The third-order valence-corrected chi connectivity index (χ3v) is 3.47. The Balaban J connectivity index is 2.01. The number of nitrogens with one attached hydrogen (secondary N) is 2. The molecule has 0 spiro atoms. The van der Waals surface area contributed by atoms with Crippen LogP contribution in [-0.4, -0.2) is 11.7 Å². The molecule has 2 nitrogen and oxygen atoms in total. The lowest BCUT2D eigenvalue weighted by atomic mass is 10.1. The lowest BCUT2D eigenvalue weighted by molar-refractivity contribution is 0.601. The molecule has 0 heterocycles. The van der Waals surface area contributed by atoms with Crippen molar-refractivity contribution in [2.45, 2.75) is 52.0 Å². The van der Waals surface area contributed by atoms with Crippen molar-refractivity contribution in [1.29, 1.82) is 0 Å². The van der Waals surface area contributed by atoms with Crippen LogP contribution in [0.3, 0.4) is 0 Å². The second-order valence-electron chi connectivity index (χ2n) is 5.00. The first-order valence-corrected chi connectivity index (χ1v) is 7.89. The van der Waals surface area contributed by atoms with Crippen LogP contribution in [0.4, 0.5) is 4.39 Å². The van der Waals surface area contributed by atoms with E-state index in [0.29, 0.717) is 11.7 Å². The summed E-state index contributed by atoms with van der Waals surface area (Å²) in [5, 5.41) is 7.00. The monoisotopic (exact) mass is 296 g/mol. The zero-order chi connectivity index (χ0) is 14.6. The van der Waals surface area contributed by atoms with Crippen molar-refractivity contribution in [1.82, 2.24) is 10.6 Å². The second-order valence-corrected chi connectivity index (χ2v) is 5.41. The molecule has 0 aliphatic heterocycles. The van der Waals surface area contributed by atoms with Crippen molar-refractivity contribution in [3.05, 3.63) is 35.6 Å². The maximum Gasteiger partial charge on any atom is 0.166 e. The van der Waals surface area contributed by atoms with E-state index in [1.54, 1.807) is 12.1 Å². The van der Waals surface area contributed by atoms with Gasteiger partial charge in [0.1, 0.15) is 5.82 Å². The van der Waals surface area contributed by atoms with Gasteiger partial charge >= 0.3 is 0 Å². The number of hydrogen-bond acceptors (Lipinski definition) is 1. The highest BCUT2D eigenvalue weighted by atomic mass is 32.1. The van der Waals surface area contributed by atoms with Crippen molar-refractivity contribution in [2.24, 2.45) is 0 Å². The van der Waals surface area contributed by atoms with Crippen LogP contribution in [-0.2, 0) is 6.54 Å². The molecule has 1 aromatic rings. The highest BCUT2D eigenvalue weighted by Crippen LogP contribution is 2.04. The van der Waals surface area contributed by atoms with Crippen LogP contribution in [0, 0.1) is 5.82 Å². The van der Waals surface area contributed by atoms with Crippen molar-refractivity contribution >= 4 is 17.3 Å². The number of unbranched alkanes of at least 4 members (excludes halogenated alkanes) is 5. The molecule has 0 saturated carbocycles. The summed E-state index contributed by atoms with van der Waals surface area (Å²) in [5.74, 6) is -0.211. The number of benzene rings is 1.